The molecule has 0 bridgehead atoms. The van der Waals surface area contributed by atoms with Gasteiger partial charge >= 0.3 is 0 Å². The van der Waals surface area contributed by atoms with Gasteiger partial charge in [0.25, 0.3) is 0 Å². The van der Waals surface area contributed by atoms with E-state index in [1.54, 1.807) is 28.8 Å². The van der Waals surface area contributed by atoms with Gasteiger partial charge in [-0.25, -0.2) is 4.39 Å². The largest absolute Gasteiger partial charge is 0.352 e. The van der Waals surface area contributed by atoms with Crippen molar-refractivity contribution in [3.8, 4) is 0 Å². The number of halogens is 2. The van der Waals surface area contributed by atoms with Crippen molar-refractivity contribution in [2.75, 3.05) is 5.75 Å². The van der Waals surface area contributed by atoms with E-state index in [1.165, 1.54) is 12.1 Å². The van der Waals surface area contributed by atoms with Crippen LogP contribution in [-0.2, 0) is 16.1 Å². The fraction of sp³-hybridized carbons (Fsp3) is 0.440. The number of hydrogen-bond acceptors (Lipinski definition) is 3. The van der Waals surface area contributed by atoms with E-state index in [0.29, 0.717) is 24.3 Å². The van der Waals surface area contributed by atoms with Crippen molar-refractivity contribution in [3.05, 3.63) is 64.9 Å². The molecule has 0 saturated heterocycles. The Morgan fingerprint density at radius 1 is 1.06 bits per heavy atom. The van der Waals surface area contributed by atoms with Crippen LogP contribution in [0.1, 0.15) is 52.0 Å². The molecule has 0 fully saturated rings. The van der Waals surface area contributed by atoms with Crippen LogP contribution in [0.5, 0.6) is 0 Å². The summed E-state index contributed by atoms with van der Waals surface area (Å²) in [5, 5.41) is 3.69. The van der Waals surface area contributed by atoms with Gasteiger partial charge in [0.1, 0.15) is 11.9 Å². The van der Waals surface area contributed by atoms with Crippen molar-refractivity contribution in [2.45, 2.75) is 70.0 Å². The van der Waals surface area contributed by atoms with Gasteiger partial charge in [0.05, 0.1) is 0 Å². The van der Waals surface area contributed by atoms with Crippen molar-refractivity contribution >= 4 is 35.2 Å². The van der Waals surface area contributed by atoms with E-state index >= 15 is 0 Å². The summed E-state index contributed by atoms with van der Waals surface area (Å²) >= 11 is 7.59. The fourth-order valence-electron chi connectivity index (χ4n) is 3.23. The molecule has 2 rings (SSSR count). The number of carbonyl (C=O) groups is 2. The predicted octanol–water partition coefficient (Wildman–Crippen LogP) is 6.07. The minimum atomic E-state index is -0.564. The molecule has 0 radical (unpaired) electrons. The van der Waals surface area contributed by atoms with Crippen molar-refractivity contribution < 1.29 is 14.0 Å². The summed E-state index contributed by atoms with van der Waals surface area (Å²) in [5.74, 6) is 0.241. The Bertz CT molecular complexity index is 861. The SMILES string of the molecule is CCC(C)NC(=O)C(CC)N(Cc1ccc(F)cc1)C(=O)CCCSc1ccc(Cl)cc1. The molecule has 2 aromatic rings. The van der Waals surface area contributed by atoms with Gasteiger partial charge in [-0.3, -0.25) is 9.59 Å². The van der Waals surface area contributed by atoms with E-state index in [1.807, 2.05) is 45.0 Å². The van der Waals surface area contributed by atoms with Crippen LogP contribution in [0.25, 0.3) is 0 Å². The Labute approximate surface area is 199 Å². The highest BCUT2D eigenvalue weighted by Gasteiger charge is 2.28. The molecule has 1 N–H and O–H groups in total. The summed E-state index contributed by atoms with van der Waals surface area (Å²) in [6, 6.07) is 13.2. The quantitative estimate of drug-likeness (QED) is 0.297. The first-order valence-electron chi connectivity index (χ1n) is 11.1. The van der Waals surface area contributed by atoms with Crippen LogP contribution in [0.3, 0.4) is 0 Å². The molecule has 2 amide bonds. The average molecular weight is 479 g/mol. The smallest absolute Gasteiger partial charge is 0.243 e. The van der Waals surface area contributed by atoms with E-state index in [-0.39, 0.29) is 30.2 Å². The zero-order chi connectivity index (χ0) is 23.5. The summed E-state index contributed by atoms with van der Waals surface area (Å²) in [5.41, 5.74) is 0.796. The fourth-order valence-corrected chi connectivity index (χ4v) is 4.21. The van der Waals surface area contributed by atoms with E-state index in [2.05, 4.69) is 5.32 Å². The lowest BCUT2D eigenvalue weighted by atomic mass is 10.1. The van der Waals surface area contributed by atoms with E-state index in [0.717, 1.165) is 22.6 Å². The normalized spacial score (nSPS) is 12.8. The maximum Gasteiger partial charge on any atom is 0.243 e. The number of thioether (sulfide) groups is 1. The molecule has 0 aromatic heterocycles. The molecule has 4 nitrogen and oxygen atoms in total. The third-order valence-electron chi connectivity index (χ3n) is 5.27. The zero-order valence-electron chi connectivity index (χ0n) is 18.9. The summed E-state index contributed by atoms with van der Waals surface area (Å²) in [6.07, 6.45) is 2.36. The topological polar surface area (TPSA) is 49.4 Å². The molecule has 0 heterocycles. The lowest BCUT2D eigenvalue weighted by molar-refractivity contribution is -0.141. The van der Waals surface area contributed by atoms with Crippen LogP contribution in [-0.4, -0.2) is 34.6 Å². The van der Waals surface area contributed by atoms with Gasteiger partial charge in [-0.1, -0.05) is 37.6 Å². The summed E-state index contributed by atoms with van der Waals surface area (Å²) in [7, 11) is 0. The molecule has 7 heteroatoms. The molecular formula is C25H32ClFN2O2S. The number of carbonyl (C=O) groups excluding carboxylic acids is 2. The van der Waals surface area contributed by atoms with Gasteiger partial charge < -0.3 is 10.2 Å². The Kier molecular flexibility index (Phi) is 11.0. The van der Waals surface area contributed by atoms with Crippen LogP contribution >= 0.6 is 23.4 Å². The highest BCUT2D eigenvalue weighted by molar-refractivity contribution is 7.99. The maximum absolute atomic E-state index is 13.3. The molecule has 0 aliphatic heterocycles. The molecule has 0 saturated carbocycles. The minimum absolute atomic E-state index is 0.0371. The predicted molar refractivity (Wildman–Crippen MR) is 130 cm³/mol. The third kappa shape index (κ3) is 8.47. The number of nitrogens with one attached hydrogen (secondary N) is 1. The summed E-state index contributed by atoms with van der Waals surface area (Å²) in [6.45, 7) is 6.13. The lowest BCUT2D eigenvalue weighted by Crippen LogP contribution is -2.50. The van der Waals surface area contributed by atoms with Crippen LogP contribution in [0.15, 0.2) is 53.4 Å². The molecule has 0 spiro atoms. The van der Waals surface area contributed by atoms with Crippen molar-refractivity contribution in [1.82, 2.24) is 10.2 Å². The second-order valence-corrected chi connectivity index (χ2v) is 9.40. The van der Waals surface area contributed by atoms with Crippen molar-refractivity contribution in [2.24, 2.45) is 0 Å². The van der Waals surface area contributed by atoms with Crippen LogP contribution < -0.4 is 5.32 Å². The van der Waals surface area contributed by atoms with Crippen molar-refractivity contribution in [1.29, 1.82) is 0 Å². The highest BCUT2D eigenvalue weighted by Crippen LogP contribution is 2.22. The van der Waals surface area contributed by atoms with Gasteiger partial charge in [0.2, 0.25) is 11.8 Å². The zero-order valence-corrected chi connectivity index (χ0v) is 20.5. The Balaban J connectivity index is 2.05. The number of benzene rings is 2. The second kappa shape index (κ2) is 13.5. The van der Waals surface area contributed by atoms with E-state index < -0.39 is 6.04 Å². The number of hydrogen-bond donors (Lipinski definition) is 1. The molecule has 2 atom stereocenters. The number of amides is 2. The van der Waals surface area contributed by atoms with Gasteiger partial charge in [0.15, 0.2) is 0 Å². The van der Waals surface area contributed by atoms with Gasteiger partial charge in [-0.15, -0.1) is 11.8 Å². The third-order valence-corrected chi connectivity index (χ3v) is 6.62. The maximum atomic E-state index is 13.3. The lowest BCUT2D eigenvalue weighted by Gasteiger charge is -2.31. The van der Waals surface area contributed by atoms with E-state index in [4.69, 9.17) is 11.6 Å². The Morgan fingerprint density at radius 3 is 2.31 bits per heavy atom. The first-order chi connectivity index (χ1) is 15.3. The monoisotopic (exact) mass is 478 g/mol. The molecule has 174 valence electrons. The first kappa shape index (κ1) is 26.2. The van der Waals surface area contributed by atoms with E-state index in [9.17, 15) is 14.0 Å². The Hall–Kier alpha value is -2.05. The molecule has 2 aromatic carbocycles. The highest BCUT2D eigenvalue weighted by atomic mass is 35.5. The standard InChI is InChI=1S/C25H32ClFN2O2S/c1-4-18(3)28-25(31)23(5-2)29(17-19-8-12-21(27)13-9-19)24(30)7-6-16-32-22-14-10-20(26)11-15-22/h8-15,18,23H,4-7,16-17H2,1-3H3,(H,28,31). The average Bonchev–Trinajstić information content (AvgIpc) is 2.78. The van der Waals surface area contributed by atoms with Gasteiger partial charge in [-0.05, 0) is 73.9 Å². The molecular weight excluding hydrogens is 447 g/mol. The van der Waals surface area contributed by atoms with Gasteiger partial charge in [-0.2, -0.15) is 0 Å². The van der Waals surface area contributed by atoms with Crippen LogP contribution in [0.2, 0.25) is 5.02 Å². The first-order valence-corrected chi connectivity index (χ1v) is 12.4. The van der Waals surface area contributed by atoms with Crippen molar-refractivity contribution in [3.63, 3.8) is 0 Å². The second-order valence-electron chi connectivity index (χ2n) is 7.80. The van der Waals surface area contributed by atoms with Gasteiger partial charge in [0, 0.05) is 28.9 Å². The number of nitrogens with zero attached hydrogens (tertiary/aromatic N) is 1. The number of rotatable bonds is 12. The molecule has 2 unspecified atom stereocenters. The van der Waals surface area contributed by atoms with Crippen LogP contribution in [0, 0.1) is 5.82 Å². The van der Waals surface area contributed by atoms with Crippen LogP contribution in [0.4, 0.5) is 4.39 Å². The molecule has 0 aliphatic rings. The Morgan fingerprint density at radius 2 is 1.72 bits per heavy atom. The molecule has 0 aliphatic carbocycles. The molecule has 32 heavy (non-hydrogen) atoms. The minimum Gasteiger partial charge on any atom is -0.352 e. The summed E-state index contributed by atoms with van der Waals surface area (Å²) < 4.78 is 13.3. The summed E-state index contributed by atoms with van der Waals surface area (Å²) in [4.78, 5) is 28.8.